The van der Waals surface area contributed by atoms with Gasteiger partial charge in [0.15, 0.2) is 0 Å². The Labute approximate surface area is 74.5 Å². The average molecular weight is 172 g/mol. The van der Waals surface area contributed by atoms with E-state index in [0.29, 0.717) is 12.1 Å². The second-order valence-electron chi connectivity index (χ2n) is 3.61. The third-order valence-corrected chi connectivity index (χ3v) is 2.44. The molecule has 0 aromatic heterocycles. The highest BCUT2D eigenvalue weighted by atomic mass is 16.3. The van der Waals surface area contributed by atoms with E-state index in [1.165, 1.54) is 19.4 Å². The van der Waals surface area contributed by atoms with Crippen molar-refractivity contribution in [2.45, 2.75) is 38.3 Å². The van der Waals surface area contributed by atoms with Crippen LogP contribution in [0.1, 0.15) is 26.2 Å². The maximum absolute atomic E-state index is 8.67. The van der Waals surface area contributed by atoms with E-state index in [0.717, 1.165) is 13.0 Å². The summed E-state index contributed by atoms with van der Waals surface area (Å²) in [7, 11) is 0. The lowest BCUT2D eigenvalue weighted by Gasteiger charge is -2.16. The highest BCUT2D eigenvalue weighted by Crippen LogP contribution is 2.03. The molecule has 0 aromatic rings. The van der Waals surface area contributed by atoms with Crippen molar-refractivity contribution in [3.63, 3.8) is 0 Å². The Morgan fingerprint density at radius 1 is 1.67 bits per heavy atom. The van der Waals surface area contributed by atoms with E-state index >= 15 is 0 Å². The van der Waals surface area contributed by atoms with Crippen molar-refractivity contribution in [3.05, 3.63) is 0 Å². The lowest BCUT2D eigenvalue weighted by Crippen LogP contribution is -2.38. The van der Waals surface area contributed by atoms with Gasteiger partial charge in [-0.05, 0) is 32.7 Å². The summed E-state index contributed by atoms with van der Waals surface area (Å²) >= 11 is 0. The number of aliphatic hydroxyl groups excluding tert-OH is 1. The summed E-state index contributed by atoms with van der Waals surface area (Å²) in [6.45, 7) is 4.61. The second-order valence-corrected chi connectivity index (χ2v) is 3.61. The van der Waals surface area contributed by atoms with Crippen molar-refractivity contribution in [2.75, 3.05) is 19.7 Å². The summed E-state index contributed by atoms with van der Waals surface area (Å²) in [5, 5.41) is 15.5. The van der Waals surface area contributed by atoms with Crippen molar-refractivity contribution >= 4 is 0 Å². The second kappa shape index (κ2) is 5.51. The van der Waals surface area contributed by atoms with Crippen LogP contribution >= 0.6 is 0 Å². The van der Waals surface area contributed by atoms with Crippen molar-refractivity contribution < 1.29 is 5.11 Å². The van der Waals surface area contributed by atoms with Crippen LogP contribution in [-0.2, 0) is 0 Å². The molecule has 0 saturated carbocycles. The van der Waals surface area contributed by atoms with Crippen LogP contribution in [0.25, 0.3) is 0 Å². The largest absolute Gasteiger partial charge is 0.396 e. The van der Waals surface area contributed by atoms with E-state index in [1.807, 2.05) is 0 Å². The number of aliphatic hydroxyl groups is 1. The smallest absolute Gasteiger partial charge is 0.0445 e. The third-order valence-electron chi connectivity index (χ3n) is 2.44. The Hall–Kier alpha value is -0.120. The maximum Gasteiger partial charge on any atom is 0.0445 e. The van der Waals surface area contributed by atoms with Gasteiger partial charge in [-0.25, -0.2) is 0 Å². The van der Waals surface area contributed by atoms with E-state index in [-0.39, 0.29) is 6.61 Å². The summed E-state index contributed by atoms with van der Waals surface area (Å²) in [6.07, 6.45) is 3.45. The minimum absolute atomic E-state index is 0.284. The normalized spacial score (nSPS) is 26.0. The number of hydrogen-bond donors (Lipinski definition) is 3. The summed E-state index contributed by atoms with van der Waals surface area (Å²) in [5.41, 5.74) is 0. The van der Waals surface area contributed by atoms with Crippen LogP contribution in [0.2, 0.25) is 0 Å². The van der Waals surface area contributed by atoms with E-state index in [1.54, 1.807) is 0 Å². The predicted molar refractivity (Wildman–Crippen MR) is 50.2 cm³/mol. The molecule has 1 aliphatic rings. The van der Waals surface area contributed by atoms with Crippen molar-refractivity contribution in [1.29, 1.82) is 0 Å². The zero-order valence-corrected chi connectivity index (χ0v) is 7.84. The minimum atomic E-state index is 0.284. The van der Waals surface area contributed by atoms with E-state index in [9.17, 15) is 0 Å². The van der Waals surface area contributed by atoms with Gasteiger partial charge >= 0.3 is 0 Å². The Kier molecular flexibility index (Phi) is 4.58. The molecule has 1 saturated heterocycles. The fourth-order valence-electron chi connectivity index (χ4n) is 1.57. The van der Waals surface area contributed by atoms with Gasteiger partial charge in [0.25, 0.3) is 0 Å². The van der Waals surface area contributed by atoms with Gasteiger partial charge in [0.1, 0.15) is 0 Å². The molecule has 72 valence electrons. The summed E-state index contributed by atoms with van der Waals surface area (Å²) < 4.78 is 0. The summed E-state index contributed by atoms with van der Waals surface area (Å²) in [6, 6.07) is 1.10. The van der Waals surface area contributed by atoms with Gasteiger partial charge in [0.05, 0.1) is 0 Å². The van der Waals surface area contributed by atoms with Crippen LogP contribution in [0.5, 0.6) is 0 Å². The average Bonchev–Trinajstić information content (AvgIpc) is 2.53. The molecule has 1 fully saturated rings. The molecule has 3 nitrogen and oxygen atoms in total. The van der Waals surface area contributed by atoms with Crippen LogP contribution in [0.15, 0.2) is 0 Å². The molecule has 1 heterocycles. The Morgan fingerprint density at radius 3 is 3.08 bits per heavy atom. The van der Waals surface area contributed by atoms with Gasteiger partial charge in [-0.1, -0.05) is 0 Å². The molecular weight excluding hydrogens is 152 g/mol. The lowest BCUT2D eigenvalue weighted by atomic mass is 10.2. The molecule has 0 radical (unpaired) electrons. The highest BCUT2D eigenvalue weighted by molar-refractivity contribution is 4.77. The Morgan fingerprint density at radius 2 is 2.50 bits per heavy atom. The van der Waals surface area contributed by atoms with Crippen LogP contribution in [0.3, 0.4) is 0 Å². The summed E-state index contributed by atoms with van der Waals surface area (Å²) in [4.78, 5) is 0. The standard InChI is InChI=1S/C9H20N2O/c1-8(4-6-12)11-7-9-3-2-5-10-9/h8-12H,2-7H2,1H3. The fourth-order valence-corrected chi connectivity index (χ4v) is 1.57. The van der Waals surface area contributed by atoms with Crippen molar-refractivity contribution in [3.8, 4) is 0 Å². The Bertz CT molecular complexity index is 113. The van der Waals surface area contributed by atoms with Gasteiger partial charge < -0.3 is 15.7 Å². The molecular formula is C9H20N2O. The highest BCUT2D eigenvalue weighted by Gasteiger charge is 2.13. The predicted octanol–water partition coefficient (Wildman–Crippen LogP) is 0.0989. The molecule has 0 aliphatic carbocycles. The zero-order chi connectivity index (χ0) is 8.81. The molecule has 3 heteroatoms. The topological polar surface area (TPSA) is 44.3 Å². The van der Waals surface area contributed by atoms with Crippen LogP contribution < -0.4 is 10.6 Å². The van der Waals surface area contributed by atoms with E-state index in [2.05, 4.69) is 17.6 Å². The molecule has 0 spiro atoms. The van der Waals surface area contributed by atoms with Gasteiger partial charge in [-0.3, -0.25) is 0 Å². The molecule has 3 N–H and O–H groups in total. The fraction of sp³-hybridized carbons (Fsp3) is 1.00. The monoisotopic (exact) mass is 172 g/mol. The SMILES string of the molecule is CC(CCO)NCC1CCCN1. The van der Waals surface area contributed by atoms with E-state index in [4.69, 9.17) is 5.11 Å². The molecule has 2 unspecified atom stereocenters. The zero-order valence-electron chi connectivity index (χ0n) is 7.84. The van der Waals surface area contributed by atoms with Crippen molar-refractivity contribution in [2.24, 2.45) is 0 Å². The van der Waals surface area contributed by atoms with Gasteiger partial charge in [-0.15, -0.1) is 0 Å². The first kappa shape index (κ1) is 9.96. The van der Waals surface area contributed by atoms with Gasteiger partial charge in [0.2, 0.25) is 0 Å². The molecule has 0 bridgehead atoms. The van der Waals surface area contributed by atoms with Crippen molar-refractivity contribution in [1.82, 2.24) is 10.6 Å². The van der Waals surface area contributed by atoms with Crippen LogP contribution in [0, 0.1) is 0 Å². The minimum Gasteiger partial charge on any atom is -0.396 e. The summed E-state index contributed by atoms with van der Waals surface area (Å²) in [5.74, 6) is 0. The molecule has 0 aromatic carbocycles. The Balaban J connectivity index is 1.99. The number of hydrogen-bond acceptors (Lipinski definition) is 3. The third kappa shape index (κ3) is 3.52. The van der Waals surface area contributed by atoms with Crippen LogP contribution in [-0.4, -0.2) is 36.9 Å². The molecule has 0 amide bonds. The molecule has 2 atom stereocenters. The first-order valence-corrected chi connectivity index (χ1v) is 4.90. The first-order valence-electron chi connectivity index (χ1n) is 4.90. The molecule has 1 aliphatic heterocycles. The maximum atomic E-state index is 8.67. The number of rotatable bonds is 5. The lowest BCUT2D eigenvalue weighted by molar-refractivity contribution is 0.267. The quantitative estimate of drug-likeness (QED) is 0.551. The number of nitrogens with one attached hydrogen (secondary N) is 2. The van der Waals surface area contributed by atoms with E-state index < -0.39 is 0 Å². The van der Waals surface area contributed by atoms with Gasteiger partial charge in [0, 0.05) is 25.2 Å². The van der Waals surface area contributed by atoms with Crippen LogP contribution in [0.4, 0.5) is 0 Å². The molecule has 12 heavy (non-hydrogen) atoms. The first-order chi connectivity index (χ1) is 5.83. The molecule has 1 rings (SSSR count). The van der Waals surface area contributed by atoms with Gasteiger partial charge in [-0.2, -0.15) is 0 Å².